The summed E-state index contributed by atoms with van der Waals surface area (Å²) >= 11 is 1.91. The van der Waals surface area contributed by atoms with Gasteiger partial charge in [-0.25, -0.2) is 4.79 Å². The molecule has 0 unspecified atom stereocenters. The molecule has 3 heterocycles. The monoisotopic (exact) mass is 512 g/mol. The van der Waals surface area contributed by atoms with E-state index in [0.717, 1.165) is 35.5 Å². The minimum absolute atomic E-state index is 0.119. The van der Waals surface area contributed by atoms with Crippen LogP contribution in [0.25, 0.3) is 5.00 Å². The molecule has 6 nitrogen and oxygen atoms in total. The molecule has 7 heteroatoms. The molecular weight excluding hydrogens is 480 g/mol. The number of methoxy groups -OCH3 is 1. The molecule has 0 radical (unpaired) electrons. The lowest BCUT2D eigenvalue weighted by molar-refractivity contribution is 0.194. The zero-order valence-electron chi connectivity index (χ0n) is 21.5. The highest BCUT2D eigenvalue weighted by Gasteiger charge is 2.36. The van der Waals surface area contributed by atoms with Crippen molar-refractivity contribution in [2.75, 3.05) is 31.4 Å². The summed E-state index contributed by atoms with van der Waals surface area (Å²) in [6.45, 7) is 0.568. The van der Waals surface area contributed by atoms with Crippen molar-refractivity contribution in [2.45, 2.75) is 38.3 Å². The largest absolute Gasteiger partial charge is 0.497 e. The zero-order valence-corrected chi connectivity index (χ0v) is 22.3. The molecule has 1 aliphatic heterocycles. The van der Waals surface area contributed by atoms with Gasteiger partial charge >= 0.3 is 6.03 Å². The number of hydrogen-bond acceptors (Lipinski definition) is 4. The van der Waals surface area contributed by atoms with Crippen LogP contribution in [0.4, 0.5) is 16.2 Å². The molecule has 37 heavy (non-hydrogen) atoms. The van der Waals surface area contributed by atoms with Gasteiger partial charge < -0.3 is 24.4 Å². The summed E-state index contributed by atoms with van der Waals surface area (Å²) in [6, 6.07) is 20.0. The van der Waals surface area contributed by atoms with Crippen LogP contribution in [0.2, 0.25) is 0 Å². The van der Waals surface area contributed by atoms with Crippen LogP contribution in [0.3, 0.4) is 0 Å². The Morgan fingerprint density at radius 3 is 2.62 bits per heavy atom. The second-order valence-corrected chi connectivity index (χ2v) is 11.1. The minimum Gasteiger partial charge on any atom is -0.497 e. The van der Waals surface area contributed by atoms with Crippen LogP contribution >= 0.6 is 11.3 Å². The Morgan fingerprint density at radius 1 is 1.03 bits per heavy atom. The summed E-state index contributed by atoms with van der Waals surface area (Å²) in [5.41, 5.74) is 6.80. The third-order valence-electron chi connectivity index (χ3n) is 7.49. The molecule has 6 rings (SSSR count). The average Bonchev–Trinajstić information content (AvgIpc) is 3.50. The van der Waals surface area contributed by atoms with Crippen LogP contribution in [-0.4, -0.2) is 36.7 Å². The maximum atomic E-state index is 14.1. The number of aromatic nitrogens is 1. The first-order valence-corrected chi connectivity index (χ1v) is 13.6. The molecule has 2 aliphatic rings. The van der Waals surface area contributed by atoms with Crippen molar-refractivity contribution in [1.29, 1.82) is 0 Å². The molecule has 0 saturated carbocycles. The number of ether oxygens (including phenoxy) is 1. The van der Waals surface area contributed by atoms with E-state index in [1.165, 1.54) is 33.8 Å². The molecular formula is C30H32N4O2S. The Labute approximate surface area is 222 Å². The smallest absolute Gasteiger partial charge is 0.322 e. The molecule has 2 aromatic carbocycles. The van der Waals surface area contributed by atoms with Crippen LogP contribution in [0.1, 0.15) is 46.1 Å². The van der Waals surface area contributed by atoms with E-state index in [0.29, 0.717) is 12.3 Å². The highest BCUT2D eigenvalue weighted by Crippen LogP contribution is 2.44. The predicted octanol–water partition coefficient (Wildman–Crippen LogP) is 6.63. The lowest BCUT2D eigenvalue weighted by Crippen LogP contribution is -2.38. The molecule has 2 aromatic heterocycles. The van der Waals surface area contributed by atoms with Crippen molar-refractivity contribution in [1.82, 2.24) is 9.47 Å². The van der Waals surface area contributed by atoms with Crippen molar-refractivity contribution in [3.05, 3.63) is 94.1 Å². The number of carbonyl (C=O) groups is 1. The summed E-state index contributed by atoms with van der Waals surface area (Å²) in [5, 5.41) is 4.42. The number of aryl methyl sites for hydroxylation is 1. The first-order valence-electron chi connectivity index (χ1n) is 12.8. The van der Waals surface area contributed by atoms with Gasteiger partial charge in [-0.1, -0.05) is 18.2 Å². The van der Waals surface area contributed by atoms with Gasteiger partial charge in [-0.3, -0.25) is 0 Å². The number of urea groups is 1. The normalized spacial score (nSPS) is 16.3. The van der Waals surface area contributed by atoms with Gasteiger partial charge in [0.05, 0.1) is 25.4 Å². The third-order valence-corrected chi connectivity index (χ3v) is 8.82. The zero-order chi connectivity index (χ0) is 25.5. The van der Waals surface area contributed by atoms with E-state index in [1.807, 2.05) is 54.6 Å². The fourth-order valence-corrected chi connectivity index (χ4v) is 6.99. The van der Waals surface area contributed by atoms with Crippen molar-refractivity contribution >= 4 is 28.7 Å². The molecule has 190 valence electrons. The highest BCUT2D eigenvalue weighted by atomic mass is 32.1. The number of benzene rings is 2. The second kappa shape index (κ2) is 9.63. The van der Waals surface area contributed by atoms with Gasteiger partial charge in [-0.2, -0.15) is 0 Å². The maximum Gasteiger partial charge on any atom is 0.322 e. The lowest BCUT2D eigenvalue weighted by atomic mass is 9.95. The second-order valence-electron chi connectivity index (χ2n) is 9.98. The van der Waals surface area contributed by atoms with E-state index < -0.39 is 0 Å². The summed E-state index contributed by atoms with van der Waals surface area (Å²) < 4.78 is 7.71. The Morgan fingerprint density at radius 2 is 1.84 bits per heavy atom. The molecule has 0 saturated heterocycles. The molecule has 1 N–H and O–H groups in total. The number of anilines is 2. The Balaban J connectivity index is 1.47. The van der Waals surface area contributed by atoms with E-state index in [-0.39, 0.29) is 12.1 Å². The first kappa shape index (κ1) is 23.7. The topological polar surface area (TPSA) is 49.7 Å². The lowest BCUT2D eigenvalue weighted by Gasteiger charge is -2.31. The average molecular weight is 513 g/mol. The van der Waals surface area contributed by atoms with E-state index >= 15 is 0 Å². The van der Waals surface area contributed by atoms with Gasteiger partial charge in [0, 0.05) is 48.2 Å². The molecule has 1 aliphatic carbocycles. The molecule has 0 bridgehead atoms. The Hall–Kier alpha value is -3.71. The van der Waals surface area contributed by atoms with Crippen LogP contribution in [0.15, 0.2) is 66.9 Å². The van der Waals surface area contributed by atoms with Crippen molar-refractivity contribution in [2.24, 2.45) is 0 Å². The van der Waals surface area contributed by atoms with Crippen LogP contribution in [0.5, 0.6) is 5.75 Å². The highest BCUT2D eigenvalue weighted by molar-refractivity contribution is 7.15. The number of carbonyl (C=O) groups excluding carboxylic acids is 1. The Kier molecular flexibility index (Phi) is 6.16. The van der Waals surface area contributed by atoms with Crippen LogP contribution in [0, 0.1) is 0 Å². The Bertz CT molecular complexity index is 1440. The van der Waals surface area contributed by atoms with Gasteiger partial charge in [0.15, 0.2) is 0 Å². The van der Waals surface area contributed by atoms with Crippen molar-refractivity contribution < 1.29 is 9.53 Å². The molecule has 1 atom stereocenters. The minimum atomic E-state index is -0.226. The summed E-state index contributed by atoms with van der Waals surface area (Å²) in [4.78, 5) is 19.7. The maximum absolute atomic E-state index is 14.1. The van der Waals surface area contributed by atoms with Crippen molar-refractivity contribution in [3.63, 3.8) is 0 Å². The van der Waals surface area contributed by atoms with E-state index in [2.05, 4.69) is 57.4 Å². The molecule has 0 fully saturated rings. The fraction of sp³-hybridized carbons (Fsp3) is 0.300. The van der Waals surface area contributed by atoms with E-state index in [4.69, 9.17) is 4.74 Å². The van der Waals surface area contributed by atoms with Gasteiger partial charge in [0.1, 0.15) is 10.8 Å². The number of hydrogen-bond donors (Lipinski definition) is 1. The number of fused-ring (bicyclic) bond motifs is 5. The van der Waals surface area contributed by atoms with Crippen LogP contribution < -0.4 is 15.0 Å². The quantitative estimate of drug-likeness (QED) is 0.334. The van der Waals surface area contributed by atoms with E-state index in [1.54, 1.807) is 7.11 Å². The van der Waals surface area contributed by atoms with Gasteiger partial charge in [0.25, 0.3) is 0 Å². The SMILES string of the molecule is COc1cccc(NC(=O)N2Cc3c(sc4c3CCCC4)-n3cccc3[C@@H]2c2ccc(N(C)C)cc2)c1. The molecule has 0 spiro atoms. The number of nitrogens with zero attached hydrogens (tertiary/aromatic N) is 3. The first-order chi connectivity index (χ1) is 18.0. The molecule has 4 aromatic rings. The standard InChI is InChI=1S/C30H32N4O2S/c1-32(2)22-15-13-20(14-16-22)28-26-11-7-17-33(26)29-25(24-10-4-5-12-27(24)37-29)19-34(28)30(35)31-21-8-6-9-23(18-21)36-3/h6-9,11,13-18,28H,4-5,10,12,19H2,1-3H3,(H,31,35)/t28-/m0/s1. The summed E-state index contributed by atoms with van der Waals surface area (Å²) in [7, 11) is 5.72. The number of rotatable bonds is 4. The number of amides is 2. The number of nitrogens with one attached hydrogen (secondary N) is 1. The fourth-order valence-electron chi connectivity index (χ4n) is 5.59. The van der Waals surface area contributed by atoms with E-state index in [9.17, 15) is 4.79 Å². The third kappa shape index (κ3) is 4.27. The number of thiophene rings is 1. The molecule has 2 amide bonds. The van der Waals surface area contributed by atoms with Gasteiger partial charge in [0.2, 0.25) is 0 Å². The predicted molar refractivity (Wildman–Crippen MR) is 150 cm³/mol. The van der Waals surface area contributed by atoms with Gasteiger partial charge in [-0.15, -0.1) is 11.3 Å². The van der Waals surface area contributed by atoms with Gasteiger partial charge in [-0.05, 0) is 73.2 Å². The summed E-state index contributed by atoms with van der Waals surface area (Å²) in [5.74, 6) is 0.715. The van der Waals surface area contributed by atoms with Crippen molar-refractivity contribution in [3.8, 4) is 10.8 Å². The summed E-state index contributed by atoms with van der Waals surface area (Å²) in [6.07, 6.45) is 6.83. The van der Waals surface area contributed by atoms with Crippen LogP contribution in [-0.2, 0) is 19.4 Å².